The topological polar surface area (TPSA) is 46.2 Å². The molecule has 0 aliphatic rings. The van der Waals surface area contributed by atoms with Gasteiger partial charge in [-0.25, -0.2) is 12.8 Å². The molecule has 0 spiro atoms. The Kier molecular flexibility index (Phi) is 4.42. The highest BCUT2D eigenvalue weighted by atomic mass is 79.9. The largest absolute Gasteiger partial charge is 0.279 e. The molecule has 0 atom stereocenters. The number of nitrogens with one attached hydrogen (secondary N) is 1. The smallest absolute Gasteiger partial charge is 0.271 e. The van der Waals surface area contributed by atoms with E-state index in [1.54, 1.807) is 6.07 Å². The second kappa shape index (κ2) is 5.57. The minimum Gasteiger partial charge on any atom is -0.279 e. The Hall–Kier alpha value is -0.340. The Bertz CT molecular complexity index is 710. The molecule has 0 fully saturated rings. The van der Waals surface area contributed by atoms with Crippen LogP contribution in [0.2, 0.25) is 10.0 Å². The molecular weight excluding hydrogens is 400 g/mol. The molecule has 19 heavy (non-hydrogen) atoms. The predicted molar refractivity (Wildman–Crippen MR) is 79.2 cm³/mol. The molecule has 0 unspecified atom stereocenters. The van der Waals surface area contributed by atoms with Gasteiger partial charge >= 0.3 is 0 Å². The molecule has 3 nitrogen and oxygen atoms in total. The number of rotatable bonds is 3. The van der Waals surface area contributed by atoms with Gasteiger partial charge in [0.1, 0.15) is 4.21 Å². The third kappa shape index (κ3) is 3.41. The van der Waals surface area contributed by atoms with E-state index in [0.29, 0.717) is 3.79 Å². The molecule has 0 radical (unpaired) electrons. The van der Waals surface area contributed by atoms with Crippen LogP contribution in [0.25, 0.3) is 0 Å². The first-order chi connectivity index (χ1) is 8.79. The predicted octanol–water partition coefficient (Wildman–Crippen LogP) is 4.76. The zero-order valence-corrected chi connectivity index (χ0v) is 13.7. The van der Waals surface area contributed by atoms with Crippen molar-refractivity contribution in [2.75, 3.05) is 4.72 Å². The third-order valence-corrected chi connectivity index (χ3v) is 6.10. The van der Waals surface area contributed by atoms with Crippen molar-refractivity contribution in [3.63, 3.8) is 0 Å². The van der Waals surface area contributed by atoms with Gasteiger partial charge in [-0.3, -0.25) is 4.72 Å². The van der Waals surface area contributed by atoms with Crippen molar-refractivity contribution in [3.8, 4) is 0 Å². The lowest BCUT2D eigenvalue weighted by Gasteiger charge is -2.07. The van der Waals surface area contributed by atoms with Crippen molar-refractivity contribution in [3.05, 3.63) is 43.9 Å². The summed E-state index contributed by atoms with van der Waals surface area (Å²) in [4.78, 5) is 0. The highest BCUT2D eigenvalue weighted by Gasteiger charge is 2.18. The summed E-state index contributed by atoms with van der Waals surface area (Å²) >= 11 is 15.4. The molecule has 1 aromatic heterocycles. The second-order valence-electron chi connectivity index (χ2n) is 3.42. The van der Waals surface area contributed by atoms with E-state index < -0.39 is 15.8 Å². The van der Waals surface area contributed by atoms with Crippen LogP contribution in [-0.2, 0) is 10.0 Å². The van der Waals surface area contributed by atoms with E-state index in [2.05, 4.69) is 20.7 Å². The van der Waals surface area contributed by atoms with E-state index in [9.17, 15) is 12.8 Å². The van der Waals surface area contributed by atoms with E-state index in [1.807, 2.05) is 0 Å². The van der Waals surface area contributed by atoms with Gasteiger partial charge in [-0.05, 0) is 40.2 Å². The van der Waals surface area contributed by atoms with E-state index in [1.165, 1.54) is 6.07 Å². The molecule has 0 bridgehead atoms. The number of sulfonamides is 1. The molecule has 0 saturated carbocycles. The Labute approximate surface area is 131 Å². The van der Waals surface area contributed by atoms with Gasteiger partial charge < -0.3 is 0 Å². The molecule has 2 aromatic rings. The standard InChI is InChI=1S/C10H5BrCl2FNO2S2/c11-8-1-2-9(18-8)19(16,17)15-5-3-6(12)10(14)7(13)4-5/h1-4,15H. The number of benzene rings is 1. The van der Waals surface area contributed by atoms with Crippen LogP contribution < -0.4 is 4.72 Å². The van der Waals surface area contributed by atoms with Crippen LogP contribution in [0.15, 0.2) is 32.3 Å². The molecule has 102 valence electrons. The molecule has 2 rings (SSSR count). The number of hydrogen-bond acceptors (Lipinski definition) is 3. The summed E-state index contributed by atoms with van der Waals surface area (Å²) in [6, 6.07) is 5.37. The molecule has 1 N–H and O–H groups in total. The van der Waals surface area contributed by atoms with E-state index in [0.717, 1.165) is 23.5 Å². The van der Waals surface area contributed by atoms with Gasteiger partial charge in [0.25, 0.3) is 10.0 Å². The number of thiophene rings is 1. The lowest BCUT2D eigenvalue weighted by Crippen LogP contribution is -2.11. The fraction of sp³-hybridized carbons (Fsp3) is 0. The summed E-state index contributed by atoms with van der Waals surface area (Å²) in [6.07, 6.45) is 0. The molecule has 0 saturated heterocycles. The van der Waals surface area contributed by atoms with Gasteiger partial charge in [-0.2, -0.15) is 0 Å². The number of anilines is 1. The Balaban J connectivity index is 2.36. The minimum absolute atomic E-state index is 0.0981. The summed E-state index contributed by atoms with van der Waals surface area (Å²) in [6.45, 7) is 0. The maximum Gasteiger partial charge on any atom is 0.271 e. The van der Waals surface area contributed by atoms with Gasteiger partial charge in [0.05, 0.1) is 19.5 Å². The fourth-order valence-corrected chi connectivity index (χ4v) is 4.80. The van der Waals surface area contributed by atoms with Crippen LogP contribution >= 0.6 is 50.5 Å². The van der Waals surface area contributed by atoms with Crippen molar-refractivity contribution in [1.82, 2.24) is 0 Å². The summed E-state index contributed by atoms with van der Waals surface area (Å²) in [5.41, 5.74) is 0.0981. The Morgan fingerprint density at radius 3 is 2.26 bits per heavy atom. The highest BCUT2D eigenvalue weighted by molar-refractivity contribution is 9.11. The van der Waals surface area contributed by atoms with Crippen LogP contribution in [0, 0.1) is 5.82 Å². The van der Waals surface area contributed by atoms with Gasteiger partial charge in [0.15, 0.2) is 5.82 Å². The van der Waals surface area contributed by atoms with Crippen molar-refractivity contribution in [2.24, 2.45) is 0 Å². The van der Waals surface area contributed by atoms with E-state index >= 15 is 0 Å². The second-order valence-corrected chi connectivity index (χ2v) is 8.60. The average Bonchev–Trinajstić information content (AvgIpc) is 2.73. The summed E-state index contributed by atoms with van der Waals surface area (Å²) in [7, 11) is -3.74. The van der Waals surface area contributed by atoms with Gasteiger partial charge in [0, 0.05) is 0 Å². The molecule has 0 aliphatic heterocycles. The number of halogens is 4. The van der Waals surface area contributed by atoms with Crippen molar-refractivity contribution < 1.29 is 12.8 Å². The summed E-state index contributed by atoms with van der Waals surface area (Å²) in [5.74, 6) is -0.787. The molecular formula is C10H5BrCl2FNO2S2. The highest BCUT2D eigenvalue weighted by Crippen LogP contribution is 2.31. The maximum atomic E-state index is 13.2. The first-order valence-corrected chi connectivity index (χ1v) is 8.57. The van der Waals surface area contributed by atoms with E-state index in [4.69, 9.17) is 23.2 Å². The lowest BCUT2D eigenvalue weighted by molar-refractivity contribution is 0.603. The van der Waals surface area contributed by atoms with Crippen LogP contribution in [-0.4, -0.2) is 8.42 Å². The quantitative estimate of drug-likeness (QED) is 0.749. The minimum atomic E-state index is -3.74. The first-order valence-electron chi connectivity index (χ1n) is 4.72. The molecule has 0 amide bonds. The van der Waals surface area contributed by atoms with Gasteiger partial charge in [0.2, 0.25) is 0 Å². The monoisotopic (exact) mass is 403 g/mol. The van der Waals surface area contributed by atoms with Crippen LogP contribution in [0.1, 0.15) is 0 Å². The Morgan fingerprint density at radius 2 is 1.79 bits per heavy atom. The zero-order chi connectivity index (χ0) is 14.2. The maximum absolute atomic E-state index is 13.2. The Morgan fingerprint density at radius 1 is 1.21 bits per heavy atom. The lowest BCUT2D eigenvalue weighted by atomic mass is 10.3. The van der Waals surface area contributed by atoms with E-state index in [-0.39, 0.29) is 19.9 Å². The van der Waals surface area contributed by atoms with Gasteiger partial charge in [-0.1, -0.05) is 23.2 Å². The normalized spacial score (nSPS) is 11.6. The van der Waals surface area contributed by atoms with Crippen molar-refractivity contribution in [1.29, 1.82) is 0 Å². The van der Waals surface area contributed by atoms with Crippen LogP contribution in [0.4, 0.5) is 10.1 Å². The molecule has 0 aliphatic carbocycles. The summed E-state index contributed by atoms with van der Waals surface area (Å²) < 4.78 is 40.4. The zero-order valence-electron chi connectivity index (χ0n) is 8.95. The average molecular weight is 405 g/mol. The fourth-order valence-electron chi connectivity index (χ4n) is 1.26. The summed E-state index contributed by atoms with van der Waals surface area (Å²) in [5, 5.41) is -0.505. The molecule has 1 heterocycles. The van der Waals surface area contributed by atoms with Crippen LogP contribution in [0.3, 0.4) is 0 Å². The van der Waals surface area contributed by atoms with Crippen molar-refractivity contribution in [2.45, 2.75) is 4.21 Å². The van der Waals surface area contributed by atoms with Crippen molar-refractivity contribution >= 4 is 66.2 Å². The molecule has 9 heteroatoms. The number of hydrogen-bond donors (Lipinski definition) is 1. The third-order valence-electron chi connectivity index (χ3n) is 2.05. The first kappa shape index (κ1) is 15.1. The van der Waals surface area contributed by atoms with Crippen LogP contribution in [0.5, 0.6) is 0 Å². The molecule has 1 aromatic carbocycles. The van der Waals surface area contributed by atoms with Gasteiger partial charge in [-0.15, -0.1) is 11.3 Å². The SMILES string of the molecule is O=S(=O)(Nc1cc(Cl)c(F)c(Cl)c1)c1ccc(Br)s1.